The van der Waals surface area contributed by atoms with Gasteiger partial charge in [-0.3, -0.25) is 19.8 Å². The maximum atomic E-state index is 13.7. The van der Waals surface area contributed by atoms with Crippen molar-refractivity contribution in [3.63, 3.8) is 0 Å². The van der Waals surface area contributed by atoms with Crippen molar-refractivity contribution in [2.75, 3.05) is 7.11 Å². The van der Waals surface area contributed by atoms with E-state index in [0.29, 0.717) is 38.8 Å². The molecule has 37 heavy (non-hydrogen) atoms. The van der Waals surface area contributed by atoms with Gasteiger partial charge < -0.3 is 9.15 Å². The zero-order chi connectivity index (χ0) is 25.9. The van der Waals surface area contributed by atoms with Crippen LogP contribution < -0.4 is 4.74 Å². The molecule has 5 rings (SSSR count). The number of nitro groups is 1. The summed E-state index contributed by atoms with van der Waals surface area (Å²) in [7, 11) is 1.46. The Balaban J connectivity index is 1.48. The summed E-state index contributed by atoms with van der Waals surface area (Å²) >= 11 is 1.33. The summed E-state index contributed by atoms with van der Waals surface area (Å²) in [6.07, 6.45) is 5.98. The molecule has 190 valence electrons. The van der Waals surface area contributed by atoms with Gasteiger partial charge in [-0.15, -0.1) is 0 Å². The van der Waals surface area contributed by atoms with E-state index in [1.807, 2.05) is 35.2 Å². The minimum Gasteiger partial charge on any atom is -0.497 e. The summed E-state index contributed by atoms with van der Waals surface area (Å²) < 4.78 is 11.1. The number of rotatable bonds is 6. The zero-order valence-electron chi connectivity index (χ0n) is 20.6. The number of aliphatic imine (C=N–C) groups is 1. The molecular formula is C28H27N3O5S. The molecule has 0 unspecified atom stereocenters. The first-order valence-electron chi connectivity index (χ1n) is 12.2. The third kappa shape index (κ3) is 5.17. The number of furan rings is 1. The fourth-order valence-corrected chi connectivity index (χ4v) is 5.88. The van der Waals surface area contributed by atoms with Crippen molar-refractivity contribution in [1.82, 2.24) is 4.90 Å². The van der Waals surface area contributed by atoms with Crippen molar-refractivity contribution in [2.45, 2.75) is 38.6 Å². The van der Waals surface area contributed by atoms with Crippen molar-refractivity contribution in [1.29, 1.82) is 0 Å². The number of hydrogen-bond acceptors (Lipinski definition) is 7. The maximum absolute atomic E-state index is 13.7. The van der Waals surface area contributed by atoms with Gasteiger partial charge in [-0.25, -0.2) is 4.99 Å². The zero-order valence-corrected chi connectivity index (χ0v) is 21.4. The molecule has 2 fully saturated rings. The lowest BCUT2D eigenvalue weighted by atomic mass is 9.85. The predicted octanol–water partition coefficient (Wildman–Crippen LogP) is 7.05. The average Bonchev–Trinajstić information content (AvgIpc) is 3.49. The first-order chi connectivity index (χ1) is 17.9. The molecule has 0 spiro atoms. The van der Waals surface area contributed by atoms with Crippen molar-refractivity contribution in [3.05, 3.63) is 81.4 Å². The van der Waals surface area contributed by atoms with Crippen molar-refractivity contribution >= 4 is 40.3 Å². The molecule has 2 aliphatic rings. The van der Waals surface area contributed by atoms with E-state index in [1.54, 1.807) is 30.3 Å². The second-order valence-corrected chi connectivity index (χ2v) is 10.2. The van der Waals surface area contributed by atoms with Crippen molar-refractivity contribution in [3.8, 4) is 17.1 Å². The Morgan fingerprint density at radius 2 is 1.92 bits per heavy atom. The Hall–Kier alpha value is -3.85. The van der Waals surface area contributed by atoms with E-state index < -0.39 is 4.92 Å². The normalized spacial score (nSPS) is 22.1. The van der Waals surface area contributed by atoms with Crippen LogP contribution in [0.5, 0.6) is 5.75 Å². The number of thioether (sulfide) groups is 1. The quantitative estimate of drug-likeness (QED) is 0.197. The van der Waals surface area contributed by atoms with Crippen LogP contribution in [0.25, 0.3) is 17.4 Å². The molecule has 1 aliphatic heterocycles. The van der Waals surface area contributed by atoms with Gasteiger partial charge in [-0.1, -0.05) is 38.0 Å². The van der Waals surface area contributed by atoms with Gasteiger partial charge in [0.2, 0.25) is 0 Å². The number of ether oxygens (including phenoxy) is 1. The number of methoxy groups -OCH3 is 1. The topological polar surface area (TPSA) is 98.2 Å². The molecule has 8 nitrogen and oxygen atoms in total. The van der Waals surface area contributed by atoms with Gasteiger partial charge >= 0.3 is 0 Å². The molecule has 0 radical (unpaired) electrons. The van der Waals surface area contributed by atoms with E-state index in [1.165, 1.54) is 31.4 Å². The molecule has 1 saturated heterocycles. The van der Waals surface area contributed by atoms with E-state index in [2.05, 4.69) is 6.92 Å². The first kappa shape index (κ1) is 24.8. The Labute approximate surface area is 219 Å². The van der Waals surface area contributed by atoms with Gasteiger partial charge in [-0.2, -0.15) is 0 Å². The lowest BCUT2D eigenvalue weighted by Gasteiger charge is -2.35. The molecule has 9 heteroatoms. The Bertz CT molecular complexity index is 1380. The highest BCUT2D eigenvalue weighted by Gasteiger charge is 2.41. The standard InChI is InChI=1S/C28H27N3O5S/c1-18-8-6-7-11-23(18)30-27(32)26(37-28(30)29-19-9-4-3-5-10-19)17-21-13-15-25(36-21)22-14-12-20(35-2)16-24(22)31(33)34/h3-5,9-10,12-18,23H,6-8,11H2,1-2H3/b26-17-,29-28?/t18-,23+/m0/s1. The minimum absolute atomic E-state index is 0.0909. The van der Waals surface area contributed by atoms with Gasteiger partial charge in [0.05, 0.1) is 34.3 Å². The molecule has 1 aromatic heterocycles. The van der Waals surface area contributed by atoms with Crippen LogP contribution in [0.4, 0.5) is 11.4 Å². The number of para-hydroxylation sites is 1. The van der Waals surface area contributed by atoms with Crippen LogP contribution >= 0.6 is 11.8 Å². The van der Waals surface area contributed by atoms with E-state index >= 15 is 0 Å². The largest absolute Gasteiger partial charge is 0.497 e. The van der Waals surface area contributed by atoms with E-state index in [0.717, 1.165) is 24.9 Å². The Morgan fingerprint density at radius 1 is 1.14 bits per heavy atom. The smallest absolute Gasteiger partial charge is 0.284 e. The molecule has 1 aliphatic carbocycles. The molecule has 2 heterocycles. The van der Waals surface area contributed by atoms with E-state index in [4.69, 9.17) is 14.1 Å². The predicted molar refractivity (Wildman–Crippen MR) is 145 cm³/mol. The SMILES string of the molecule is COc1ccc(-c2ccc(/C=C3\SC(=Nc4ccccc4)N([C@@H]4CCCC[C@@H]4C)C3=O)o2)c([N+](=O)[O-])c1. The summed E-state index contributed by atoms with van der Waals surface area (Å²) in [6, 6.07) is 17.7. The summed E-state index contributed by atoms with van der Waals surface area (Å²) in [5.74, 6) is 1.46. The van der Waals surface area contributed by atoms with Gasteiger partial charge in [0, 0.05) is 12.1 Å². The third-order valence-electron chi connectivity index (χ3n) is 6.78. The number of nitrogens with zero attached hydrogens (tertiary/aromatic N) is 3. The van der Waals surface area contributed by atoms with Crippen LogP contribution in [0.3, 0.4) is 0 Å². The molecular weight excluding hydrogens is 490 g/mol. The number of carbonyl (C=O) groups is 1. The molecule has 1 saturated carbocycles. The molecule has 3 aromatic rings. The summed E-state index contributed by atoms with van der Waals surface area (Å²) in [6.45, 7) is 2.20. The van der Waals surface area contributed by atoms with Gasteiger partial charge in [0.1, 0.15) is 17.3 Å². The second kappa shape index (κ2) is 10.6. The minimum atomic E-state index is -0.468. The molecule has 0 bridgehead atoms. The summed E-state index contributed by atoms with van der Waals surface area (Å²) in [5.41, 5.74) is 1.01. The third-order valence-corrected chi connectivity index (χ3v) is 7.77. The lowest BCUT2D eigenvalue weighted by molar-refractivity contribution is -0.384. The fraction of sp³-hybridized carbons (Fsp3) is 0.286. The number of amides is 1. The highest BCUT2D eigenvalue weighted by molar-refractivity contribution is 8.18. The van der Waals surface area contributed by atoms with Crippen LogP contribution in [-0.2, 0) is 4.79 Å². The summed E-state index contributed by atoms with van der Waals surface area (Å²) in [5, 5.41) is 12.3. The lowest BCUT2D eigenvalue weighted by Crippen LogP contribution is -2.44. The van der Waals surface area contributed by atoms with Crippen LogP contribution in [0, 0.1) is 16.0 Å². The number of benzene rings is 2. The molecule has 2 aromatic carbocycles. The van der Waals surface area contributed by atoms with Gasteiger partial charge in [0.15, 0.2) is 5.17 Å². The number of carbonyl (C=O) groups excluding carboxylic acids is 1. The number of hydrogen-bond donors (Lipinski definition) is 0. The van der Waals surface area contributed by atoms with Gasteiger partial charge in [0.25, 0.3) is 11.6 Å². The monoisotopic (exact) mass is 517 g/mol. The highest BCUT2D eigenvalue weighted by atomic mass is 32.2. The number of nitro benzene ring substituents is 1. The van der Waals surface area contributed by atoms with Crippen LogP contribution in [-0.4, -0.2) is 34.0 Å². The Morgan fingerprint density at radius 3 is 2.65 bits per heavy atom. The highest BCUT2D eigenvalue weighted by Crippen LogP contribution is 2.41. The summed E-state index contributed by atoms with van der Waals surface area (Å²) in [4.78, 5) is 32.0. The van der Waals surface area contributed by atoms with Crippen LogP contribution in [0.15, 0.2) is 75.0 Å². The van der Waals surface area contributed by atoms with Gasteiger partial charge in [-0.05, 0) is 66.9 Å². The molecule has 1 amide bonds. The van der Waals surface area contributed by atoms with E-state index in [9.17, 15) is 14.9 Å². The van der Waals surface area contributed by atoms with Crippen molar-refractivity contribution in [2.24, 2.45) is 10.9 Å². The molecule has 0 N–H and O–H groups in total. The van der Waals surface area contributed by atoms with Crippen LogP contribution in [0.2, 0.25) is 0 Å². The second-order valence-electron chi connectivity index (χ2n) is 9.19. The Kier molecular flexibility index (Phi) is 7.14. The average molecular weight is 518 g/mol. The molecule has 2 atom stereocenters. The fourth-order valence-electron chi connectivity index (χ4n) is 4.85. The van der Waals surface area contributed by atoms with Crippen molar-refractivity contribution < 1.29 is 18.9 Å². The number of amidine groups is 1. The maximum Gasteiger partial charge on any atom is 0.284 e. The van der Waals surface area contributed by atoms with E-state index in [-0.39, 0.29) is 17.6 Å². The first-order valence-corrected chi connectivity index (χ1v) is 13.1. The van der Waals surface area contributed by atoms with Crippen LogP contribution in [0.1, 0.15) is 38.4 Å².